The van der Waals surface area contributed by atoms with E-state index in [-0.39, 0.29) is 11.3 Å². The summed E-state index contributed by atoms with van der Waals surface area (Å²) in [5, 5.41) is 9.80. The zero-order valence-corrected chi connectivity index (χ0v) is 12.7. The van der Waals surface area contributed by atoms with Crippen LogP contribution in [0.5, 0.6) is 5.75 Å². The molecular weight excluding hydrogens is 266 g/mol. The zero-order chi connectivity index (χ0) is 15.7. The van der Waals surface area contributed by atoms with E-state index in [0.717, 1.165) is 0 Å². The summed E-state index contributed by atoms with van der Waals surface area (Å²) in [7, 11) is 0. The van der Waals surface area contributed by atoms with Crippen molar-refractivity contribution < 1.29 is 9.90 Å². The summed E-state index contributed by atoms with van der Waals surface area (Å²) in [4.78, 5) is 24.0. The van der Waals surface area contributed by atoms with E-state index in [1.54, 1.807) is 6.92 Å². The van der Waals surface area contributed by atoms with E-state index in [1.807, 2.05) is 24.3 Å². The quantitative estimate of drug-likeness (QED) is 0.881. The number of pyridine rings is 1. The van der Waals surface area contributed by atoms with E-state index in [9.17, 15) is 14.7 Å². The van der Waals surface area contributed by atoms with Gasteiger partial charge in [-0.05, 0) is 37.5 Å². The second-order valence-corrected chi connectivity index (χ2v) is 5.49. The Kier molecular flexibility index (Phi) is 3.98. The van der Waals surface area contributed by atoms with Gasteiger partial charge in [-0.3, -0.25) is 14.2 Å². The normalized spacial score (nSPS) is 10.9. The molecule has 0 spiro atoms. The van der Waals surface area contributed by atoms with Crippen LogP contribution in [0.2, 0.25) is 0 Å². The fourth-order valence-electron chi connectivity index (χ4n) is 2.38. The molecule has 2 rings (SSSR count). The minimum Gasteiger partial charge on any atom is -0.507 e. The smallest absolute Gasteiger partial charge is 0.269 e. The van der Waals surface area contributed by atoms with Crippen LogP contribution in [0.4, 0.5) is 0 Å². The van der Waals surface area contributed by atoms with Crippen LogP contribution in [0.25, 0.3) is 5.69 Å². The predicted octanol–water partition coefficient (Wildman–Crippen LogP) is 3.18. The van der Waals surface area contributed by atoms with Gasteiger partial charge in [-0.25, -0.2) is 0 Å². The number of aromatic hydroxyl groups is 1. The number of aryl methyl sites for hydroxylation is 1. The zero-order valence-electron chi connectivity index (χ0n) is 12.7. The van der Waals surface area contributed by atoms with E-state index in [4.69, 9.17) is 0 Å². The summed E-state index contributed by atoms with van der Waals surface area (Å²) in [6, 6.07) is 9.07. The van der Waals surface area contributed by atoms with Crippen LogP contribution >= 0.6 is 0 Å². The van der Waals surface area contributed by atoms with Crippen molar-refractivity contribution in [3.63, 3.8) is 0 Å². The highest BCUT2D eigenvalue weighted by molar-refractivity contribution is 5.96. The molecule has 0 aliphatic carbocycles. The van der Waals surface area contributed by atoms with Gasteiger partial charge in [0.25, 0.3) is 5.56 Å². The van der Waals surface area contributed by atoms with Gasteiger partial charge in [-0.1, -0.05) is 26.0 Å². The number of aromatic nitrogens is 1. The molecule has 21 heavy (non-hydrogen) atoms. The lowest BCUT2D eigenvalue weighted by Crippen LogP contribution is -2.26. The number of benzene rings is 1. The van der Waals surface area contributed by atoms with Gasteiger partial charge in [-0.2, -0.15) is 0 Å². The molecule has 0 atom stereocenters. The number of Topliss-reactive ketones (excluding diaryl/α,β-unsaturated/α-hetero) is 1. The number of carbonyl (C=O) groups excluding carboxylic acids is 1. The summed E-state index contributed by atoms with van der Waals surface area (Å²) in [6.45, 7) is 7.20. The maximum absolute atomic E-state index is 12.5. The lowest BCUT2D eigenvalue weighted by atomic mass is 10.0. The molecule has 1 aromatic heterocycles. The Balaban J connectivity index is 2.66. The highest BCUT2D eigenvalue weighted by atomic mass is 16.3. The van der Waals surface area contributed by atoms with Gasteiger partial charge in [0, 0.05) is 17.4 Å². The summed E-state index contributed by atoms with van der Waals surface area (Å²) in [5.74, 6) is -0.297. The fourth-order valence-corrected chi connectivity index (χ4v) is 2.38. The lowest BCUT2D eigenvalue weighted by Gasteiger charge is -2.14. The van der Waals surface area contributed by atoms with Crippen LogP contribution < -0.4 is 5.56 Å². The SMILES string of the molecule is CC(=O)c1c(O)cc(C)n(-c2ccc(C(C)C)cc2)c1=O. The predicted molar refractivity (Wildman–Crippen MR) is 82.5 cm³/mol. The first-order valence-electron chi connectivity index (χ1n) is 6.89. The summed E-state index contributed by atoms with van der Waals surface area (Å²) in [6.07, 6.45) is 0. The van der Waals surface area contributed by atoms with Gasteiger partial charge in [0.15, 0.2) is 5.78 Å². The van der Waals surface area contributed by atoms with Gasteiger partial charge in [0.1, 0.15) is 11.3 Å². The number of hydrogen-bond acceptors (Lipinski definition) is 3. The molecule has 4 heteroatoms. The Morgan fingerprint density at radius 3 is 2.24 bits per heavy atom. The van der Waals surface area contributed by atoms with Crippen LogP contribution in [-0.4, -0.2) is 15.5 Å². The Morgan fingerprint density at radius 2 is 1.76 bits per heavy atom. The summed E-state index contributed by atoms with van der Waals surface area (Å²) < 4.78 is 1.44. The third kappa shape index (κ3) is 2.75. The Morgan fingerprint density at radius 1 is 1.19 bits per heavy atom. The van der Waals surface area contributed by atoms with Crippen molar-refractivity contribution in [2.24, 2.45) is 0 Å². The lowest BCUT2D eigenvalue weighted by molar-refractivity contribution is 0.101. The molecule has 1 heterocycles. The monoisotopic (exact) mass is 285 g/mol. The number of rotatable bonds is 3. The van der Waals surface area contributed by atoms with Crippen molar-refractivity contribution in [1.29, 1.82) is 0 Å². The molecule has 2 aromatic rings. The number of nitrogens with zero attached hydrogens (tertiary/aromatic N) is 1. The van der Waals surface area contributed by atoms with Crippen molar-refractivity contribution in [2.45, 2.75) is 33.6 Å². The van der Waals surface area contributed by atoms with E-state index >= 15 is 0 Å². The largest absolute Gasteiger partial charge is 0.507 e. The van der Waals surface area contributed by atoms with Gasteiger partial charge < -0.3 is 5.11 Å². The third-order valence-electron chi connectivity index (χ3n) is 3.54. The molecule has 110 valence electrons. The third-order valence-corrected chi connectivity index (χ3v) is 3.54. The molecular formula is C17H19NO3. The summed E-state index contributed by atoms with van der Waals surface area (Å²) in [5.41, 5.74) is 1.78. The average molecular weight is 285 g/mol. The van der Waals surface area contributed by atoms with E-state index < -0.39 is 11.3 Å². The molecule has 0 aliphatic rings. The second kappa shape index (κ2) is 5.56. The molecule has 0 saturated heterocycles. The molecule has 0 saturated carbocycles. The highest BCUT2D eigenvalue weighted by Gasteiger charge is 2.17. The maximum Gasteiger partial charge on any atom is 0.269 e. The number of hydrogen-bond donors (Lipinski definition) is 1. The van der Waals surface area contributed by atoms with Crippen molar-refractivity contribution in [1.82, 2.24) is 4.57 Å². The molecule has 0 fully saturated rings. The van der Waals surface area contributed by atoms with Crippen molar-refractivity contribution in [2.75, 3.05) is 0 Å². The average Bonchev–Trinajstić information content (AvgIpc) is 2.38. The molecule has 1 aromatic carbocycles. The van der Waals surface area contributed by atoms with Crippen LogP contribution in [0, 0.1) is 6.92 Å². The number of ketones is 1. The van der Waals surface area contributed by atoms with E-state index in [0.29, 0.717) is 17.3 Å². The standard InChI is InChI=1S/C17H19NO3/c1-10(2)13-5-7-14(8-6-13)18-11(3)9-15(20)16(12(4)19)17(18)21/h5-10,20H,1-4H3. The second-order valence-electron chi connectivity index (χ2n) is 5.49. The first kappa shape index (κ1) is 15.0. The van der Waals surface area contributed by atoms with Gasteiger partial charge in [0.05, 0.1) is 0 Å². The molecule has 0 amide bonds. The molecule has 0 bridgehead atoms. The van der Waals surface area contributed by atoms with E-state index in [1.165, 1.54) is 23.1 Å². The molecule has 4 nitrogen and oxygen atoms in total. The van der Waals surface area contributed by atoms with Gasteiger partial charge in [-0.15, -0.1) is 0 Å². The first-order valence-corrected chi connectivity index (χ1v) is 6.89. The maximum atomic E-state index is 12.5. The molecule has 0 aliphatic heterocycles. The topological polar surface area (TPSA) is 59.3 Å². The van der Waals surface area contributed by atoms with E-state index in [2.05, 4.69) is 13.8 Å². The van der Waals surface area contributed by atoms with Gasteiger partial charge >= 0.3 is 0 Å². The minimum absolute atomic E-state index is 0.173. The molecule has 0 radical (unpaired) electrons. The Hall–Kier alpha value is -2.36. The van der Waals surface area contributed by atoms with Crippen LogP contribution in [-0.2, 0) is 0 Å². The van der Waals surface area contributed by atoms with Crippen molar-refractivity contribution in [3.8, 4) is 11.4 Å². The summed E-state index contributed by atoms with van der Waals surface area (Å²) >= 11 is 0. The van der Waals surface area contributed by atoms with Crippen molar-refractivity contribution >= 4 is 5.78 Å². The van der Waals surface area contributed by atoms with Crippen LogP contribution in [0.15, 0.2) is 35.1 Å². The molecule has 0 unspecified atom stereocenters. The minimum atomic E-state index is -0.489. The fraction of sp³-hybridized carbons (Fsp3) is 0.294. The Labute approximate surface area is 123 Å². The van der Waals surface area contributed by atoms with Crippen LogP contribution in [0.1, 0.15) is 48.3 Å². The highest BCUT2D eigenvalue weighted by Crippen LogP contribution is 2.20. The Bertz CT molecular complexity index is 740. The van der Waals surface area contributed by atoms with Crippen molar-refractivity contribution in [3.05, 3.63) is 57.5 Å². The van der Waals surface area contributed by atoms with Gasteiger partial charge in [0.2, 0.25) is 0 Å². The number of carbonyl (C=O) groups is 1. The first-order chi connectivity index (χ1) is 9.82. The van der Waals surface area contributed by atoms with Crippen LogP contribution in [0.3, 0.4) is 0 Å². The molecule has 1 N–H and O–H groups in total.